The molecule has 0 saturated heterocycles. The fourth-order valence-corrected chi connectivity index (χ4v) is 2.85. The first-order valence-corrected chi connectivity index (χ1v) is 6.91. The maximum Gasteiger partial charge on any atom is 0.125 e. The van der Waals surface area contributed by atoms with Gasteiger partial charge in [-0.1, -0.05) is 32.4 Å². The third-order valence-electron chi connectivity index (χ3n) is 3.33. The molecule has 0 radical (unpaired) electrons. The maximum atomic E-state index is 6.39. The van der Waals surface area contributed by atoms with Crippen LogP contribution in [0.4, 0.5) is 0 Å². The van der Waals surface area contributed by atoms with Crippen molar-refractivity contribution in [2.45, 2.75) is 52.5 Å². The molecule has 0 aromatic heterocycles. The van der Waals surface area contributed by atoms with Gasteiger partial charge in [-0.05, 0) is 42.9 Å². The van der Waals surface area contributed by atoms with E-state index < -0.39 is 0 Å². The molecule has 0 aliphatic heterocycles. The predicted molar refractivity (Wildman–Crippen MR) is 86.0 cm³/mol. The molecule has 0 amide bonds. The summed E-state index contributed by atoms with van der Waals surface area (Å²) in [5, 5.41) is 0.821. The highest BCUT2D eigenvalue weighted by atomic mass is 35.5. The Kier molecular flexibility index (Phi) is 7.80. The fourth-order valence-electron chi connectivity index (χ4n) is 2.36. The molecule has 110 valence electrons. The maximum absolute atomic E-state index is 6.39. The van der Waals surface area contributed by atoms with Gasteiger partial charge in [0.15, 0.2) is 0 Å². The van der Waals surface area contributed by atoms with Gasteiger partial charge in [-0.15, -0.1) is 12.4 Å². The van der Waals surface area contributed by atoms with Gasteiger partial charge in [-0.3, -0.25) is 0 Å². The summed E-state index contributed by atoms with van der Waals surface area (Å²) in [6, 6.07) is 2.13. The molecule has 19 heavy (non-hydrogen) atoms. The van der Waals surface area contributed by atoms with Gasteiger partial charge in [0.25, 0.3) is 0 Å². The fraction of sp³-hybridized carbons (Fsp3) is 0.600. The topological polar surface area (TPSA) is 35.2 Å². The van der Waals surface area contributed by atoms with Crippen LogP contribution in [-0.2, 0) is 6.42 Å². The Morgan fingerprint density at radius 3 is 2.37 bits per heavy atom. The second-order valence-corrected chi connectivity index (χ2v) is 5.54. The van der Waals surface area contributed by atoms with Gasteiger partial charge in [0, 0.05) is 16.6 Å². The first-order chi connectivity index (χ1) is 8.42. The molecular weight excluding hydrogens is 281 g/mol. The molecule has 1 rings (SSSR count). The monoisotopic (exact) mass is 305 g/mol. The Morgan fingerprint density at radius 2 is 1.95 bits per heavy atom. The van der Waals surface area contributed by atoms with Crippen molar-refractivity contribution in [2.24, 2.45) is 5.73 Å². The second-order valence-electron chi connectivity index (χ2n) is 5.13. The summed E-state index contributed by atoms with van der Waals surface area (Å²) in [6.45, 7) is 8.42. The molecule has 0 fully saturated rings. The summed E-state index contributed by atoms with van der Waals surface area (Å²) in [5.41, 5.74) is 9.52. The van der Waals surface area contributed by atoms with Crippen LogP contribution in [0, 0.1) is 6.92 Å². The number of hydrogen-bond acceptors (Lipinski definition) is 2. The number of nitrogens with two attached hydrogens (primary N) is 1. The number of benzene rings is 1. The number of halogens is 2. The molecule has 1 unspecified atom stereocenters. The quantitative estimate of drug-likeness (QED) is 0.870. The van der Waals surface area contributed by atoms with Crippen molar-refractivity contribution in [3.05, 3.63) is 27.8 Å². The lowest BCUT2D eigenvalue weighted by Crippen LogP contribution is -2.23. The van der Waals surface area contributed by atoms with Crippen LogP contribution in [-0.4, -0.2) is 13.2 Å². The Balaban J connectivity index is 0.00000324. The van der Waals surface area contributed by atoms with E-state index in [9.17, 15) is 0 Å². The van der Waals surface area contributed by atoms with Gasteiger partial charge < -0.3 is 10.5 Å². The standard InChI is InChI=1S/C15H24ClNO.ClH/c1-6-11(17)8-12-14(9(2)3)13(16)7-10(4)15(12)18-5;/h7,9,11H,6,8,17H2,1-5H3;1H. The minimum Gasteiger partial charge on any atom is -0.496 e. The van der Waals surface area contributed by atoms with Gasteiger partial charge in [0.1, 0.15) is 5.75 Å². The van der Waals surface area contributed by atoms with E-state index in [1.54, 1.807) is 7.11 Å². The lowest BCUT2D eigenvalue weighted by molar-refractivity contribution is 0.403. The van der Waals surface area contributed by atoms with Crippen LogP contribution < -0.4 is 10.5 Å². The van der Waals surface area contributed by atoms with Gasteiger partial charge in [-0.2, -0.15) is 0 Å². The Bertz CT molecular complexity index is 419. The molecule has 0 aliphatic carbocycles. The minimum absolute atomic E-state index is 0. The van der Waals surface area contributed by atoms with Crippen molar-refractivity contribution in [1.29, 1.82) is 0 Å². The van der Waals surface area contributed by atoms with E-state index in [2.05, 4.69) is 20.8 Å². The summed E-state index contributed by atoms with van der Waals surface area (Å²) in [7, 11) is 1.71. The summed E-state index contributed by atoms with van der Waals surface area (Å²) in [6.07, 6.45) is 1.76. The highest BCUT2D eigenvalue weighted by Gasteiger charge is 2.19. The molecule has 0 heterocycles. The molecule has 2 N–H and O–H groups in total. The van der Waals surface area contributed by atoms with Crippen LogP contribution in [0.5, 0.6) is 5.75 Å². The highest BCUT2D eigenvalue weighted by Crippen LogP contribution is 2.37. The molecule has 0 aliphatic rings. The molecule has 1 aromatic rings. The van der Waals surface area contributed by atoms with E-state index in [0.717, 1.165) is 29.2 Å². The van der Waals surface area contributed by atoms with Crippen LogP contribution >= 0.6 is 24.0 Å². The van der Waals surface area contributed by atoms with Crippen molar-refractivity contribution < 1.29 is 4.74 Å². The Morgan fingerprint density at radius 1 is 1.37 bits per heavy atom. The number of aryl methyl sites for hydroxylation is 1. The van der Waals surface area contributed by atoms with E-state index in [-0.39, 0.29) is 18.4 Å². The van der Waals surface area contributed by atoms with E-state index in [0.29, 0.717) is 5.92 Å². The molecule has 1 aromatic carbocycles. The highest BCUT2D eigenvalue weighted by molar-refractivity contribution is 6.31. The largest absolute Gasteiger partial charge is 0.496 e. The zero-order valence-corrected chi connectivity index (χ0v) is 14.0. The first-order valence-electron chi connectivity index (χ1n) is 6.53. The lowest BCUT2D eigenvalue weighted by Gasteiger charge is -2.22. The third kappa shape index (κ3) is 4.27. The van der Waals surface area contributed by atoms with E-state index in [1.807, 2.05) is 13.0 Å². The molecule has 4 heteroatoms. The Labute approximate surface area is 128 Å². The lowest BCUT2D eigenvalue weighted by atomic mass is 9.90. The molecule has 0 bridgehead atoms. The van der Waals surface area contributed by atoms with Gasteiger partial charge in [0.2, 0.25) is 0 Å². The second kappa shape index (κ2) is 7.98. The van der Waals surface area contributed by atoms with Crippen molar-refractivity contribution in [2.75, 3.05) is 7.11 Å². The Hall–Kier alpha value is -0.440. The number of rotatable bonds is 5. The summed E-state index contributed by atoms with van der Waals surface area (Å²) in [5.74, 6) is 1.30. The predicted octanol–water partition coefficient (Wildman–Crippen LogP) is 4.48. The number of hydrogen-bond donors (Lipinski definition) is 1. The average molecular weight is 306 g/mol. The van der Waals surface area contributed by atoms with Gasteiger partial charge >= 0.3 is 0 Å². The van der Waals surface area contributed by atoms with Crippen LogP contribution in [0.3, 0.4) is 0 Å². The van der Waals surface area contributed by atoms with Crippen molar-refractivity contribution >= 4 is 24.0 Å². The van der Waals surface area contributed by atoms with Crippen LogP contribution in [0.2, 0.25) is 5.02 Å². The van der Waals surface area contributed by atoms with E-state index in [4.69, 9.17) is 22.1 Å². The summed E-state index contributed by atoms with van der Waals surface area (Å²) in [4.78, 5) is 0. The minimum atomic E-state index is 0. The van der Waals surface area contributed by atoms with Gasteiger partial charge in [0.05, 0.1) is 7.11 Å². The molecule has 2 nitrogen and oxygen atoms in total. The normalized spacial score (nSPS) is 12.2. The molecule has 0 saturated carbocycles. The molecule has 1 atom stereocenters. The number of ether oxygens (including phenoxy) is 1. The third-order valence-corrected chi connectivity index (χ3v) is 3.64. The SMILES string of the molecule is CCC(N)Cc1c(OC)c(C)cc(Cl)c1C(C)C.Cl. The molecule has 0 spiro atoms. The van der Waals surface area contributed by atoms with Crippen LogP contribution in [0.25, 0.3) is 0 Å². The van der Waals surface area contributed by atoms with E-state index >= 15 is 0 Å². The smallest absolute Gasteiger partial charge is 0.125 e. The zero-order chi connectivity index (χ0) is 13.9. The zero-order valence-electron chi connectivity index (χ0n) is 12.4. The first kappa shape index (κ1) is 18.6. The summed E-state index contributed by atoms with van der Waals surface area (Å²) >= 11 is 6.39. The van der Waals surface area contributed by atoms with Crippen molar-refractivity contribution in [3.63, 3.8) is 0 Å². The van der Waals surface area contributed by atoms with Crippen LogP contribution in [0.15, 0.2) is 6.07 Å². The average Bonchev–Trinajstić information content (AvgIpc) is 2.28. The van der Waals surface area contributed by atoms with Crippen LogP contribution in [0.1, 0.15) is 49.8 Å². The van der Waals surface area contributed by atoms with Crippen molar-refractivity contribution in [3.8, 4) is 5.75 Å². The summed E-state index contributed by atoms with van der Waals surface area (Å²) < 4.78 is 5.55. The molecular formula is C15H25Cl2NO. The van der Waals surface area contributed by atoms with Crippen molar-refractivity contribution in [1.82, 2.24) is 0 Å². The van der Waals surface area contributed by atoms with Gasteiger partial charge in [-0.25, -0.2) is 0 Å². The van der Waals surface area contributed by atoms with E-state index in [1.165, 1.54) is 11.1 Å². The number of methoxy groups -OCH3 is 1.